The van der Waals surface area contributed by atoms with Gasteiger partial charge in [-0.2, -0.15) is 4.98 Å². The molecule has 11 nitrogen and oxygen atoms in total. The number of aromatic nitrogens is 4. The molecular weight excluding hydrogens is 503 g/mol. The molecule has 1 aliphatic heterocycles. The van der Waals surface area contributed by atoms with Crippen LogP contribution in [0.1, 0.15) is 5.82 Å². The number of aromatic amines is 1. The van der Waals surface area contributed by atoms with Gasteiger partial charge in [0.25, 0.3) is 0 Å². The number of sulfonamides is 1. The molecule has 4 rings (SSSR count). The minimum Gasteiger partial charge on any atom is -0.462 e. The van der Waals surface area contributed by atoms with E-state index in [0.717, 1.165) is 12.8 Å². The second-order valence-electron chi connectivity index (χ2n) is 9.08. The predicted molar refractivity (Wildman–Crippen MR) is 135 cm³/mol. The molecule has 0 saturated carbocycles. The molecule has 13 heteroatoms. The lowest BCUT2D eigenvalue weighted by Gasteiger charge is -2.28. The van der Waals surface area contributed by atoms with Crippen LogP contribution in [0, 0.1) is 11.7 Å². The largest absolute Gasteiger partial charge is 0.462 e. The average molecular weight is 535 g/mol. The summed E-state index contributed by atoms with van der Waals surface area (Å²) < 4.78 is 56.0. The Morgan fingerprint density at radius 3 is 2.57 bits per heavy atom. The van der Waals surface area contributed by atoms with Gasteiger partial charge >= 0.3 is 6.01 Å². The number of nitrogens with zero attached hydrogens (tertiary/aromatic N) is 4. The van der Waals surface area contributed by atoms with E-state index in [0.29, 0.717) is 54.7 Å². The van der Waals surface area contributed by atoms with Gasteiger partial charge in [-0.15, -0.1) is 0 Å². The van der Waals surface area contributed by atoms with E-state index >= 15 is 0 Å². The number of rotatable bonds is 11. The van der Waals surface area contributed by atoms with Gasteiger partial charge in [-0.3, -0.25) is 0 Å². The highest BCUT2D eigenvalue weighted by molar-refractivity contribution is 7.88. The second kappa shape index (κ2) is 12.0. The van der Waals surface area contributed by atoms with E-state index in [-0.39, 0.29) is 24.3 Å². The molecular formula is C24H31FN6O5S. The van der Waals surface area contributed by atoms with Crippen LogP contribution in [0.25, 0.3) is 22.6 Å². The molecule has 1 saturated heterocycles. The van der Waals surface area contributed by atoms with Crippen LogP contribution in [0.3, 0.4) is 0 Å². The molecule has 200 valence electrons. The highest BCUT2D eigenvalue weighted by Crippen LogP contribution is 2.30. The van der Waals surface area contributed by atoms with E-state index in [1.165, 1.54) is 12.1 Å². The maximum atomic E-state index is 13.6. The third-order valence-corrected chi connectivity index (χ3v) is 6.25. The molecule has 3 heterocycles. The van der Waals surface area contributed by atoms with Gasteiger partial charge in [-0.05, 0) is 44.4 Å². The Labute approximate surface area is 215 Å². The molecule has 1 fully saturated rings. The molecule has 0 spiro atoms. The molecule has 0 aliphatic carbocycles. The third-order valence-electron chi connectivity index (χ3n) is 5.56. The van der Waals surface area contributed by atoms with Crippen molar-refractivity contribution in [2.75, 3.05) is 53.3 Å². The fraction of sp³-hybridized carbons (Fsp3) is 0.458. The van der Waals surface area contributed by atoms with Gasteiger partial charge in [-0.1, -0.05) is 0 Å². The van der Waals surface area contributed by atoms with Gasteiger partial charge in [0, 0.05) is 30.8 Å². The summed E-state index contributed by atoms with van der Waals surface area (Å²) in [7, 11) is 0.629. The molecule has 0 unspecified atom stereocenters. The van der Waals surface area contributed by atoms with Crippen molar-refractivity contribution in [2.45, 2.75) is 12.7 Å². The number of H-pyrrole nitrogens is 1. The fourth-order valence-electron chi connectivity index (χ4n) is 3.64. The van der Waals surface area contributed by atoms with Crippen molar-refractivity contribution < 1.29 is 27.0 Å². The van der Waals surface area contributed by atoms with Crippen molar-refractivity contribution in [2.24, 2.45) is 5.92 Å². The van der Waals surface area contributed by atoms with Crippen molar-refractivity contribution in [3.05, 3.63) is 48.2 Å². The van der Waals surface area contributed by atoms with Crippen molar-refractivity contribution in [3.63, 3.8) is 0 Å². The van der Waals surface area contributed by atoms with Crippen LogP contribution in [-0.4, -0.2) is 92.8 Å². The Kier molecular flexibility index (Phi) is 8.82. The fourth-order valence-corrected chi connectivity index (χ4v) is 4.17. The lowest BCUT2D eigenvalue weighted by molar-refractivity contribution is -0.198. The molecule has 0 bridgehead atoms. The van der Waals surface area contributed by atoms with E-state index in [1.807, 2.05) is 19.0 Å². The minimum absolute atomic E-state index is 0.0835. The highest BCUT2D eigenvalue weighted by Gasteiger charge is 2.25. The predicted octanol–water partition coefficient (Wildman–Crippen LogP) is 1.69. The molecule has 0 amide bonds. The number of imidazole rings is 1. The second-order valence-corrected chi connectivity index (χ2v) is 10.9. The van der Waals surface area contributed by atoms with Crippen LogP contribution in [0.5, 0.6) is 6.01 Å². The molecule has 3 aromatic rings. The van der Waals surface area contributed by atoms with E-state index in [4.69, 9.17) is 19.2 Å². The van der Waals surface area contributed by atoms with Gasteiger partial charge in [-0.25, -0.2) is 27.5 Å². The zero-order valence-electron chi connectivity index (χ0n) is 21.0. The summed E-state index contributed by atoms with van der Waals surface area (Å²) in [5.41, 5.74) is 2.52. The number of hydrogen-bond acceptors (Lipinski definition) is 9. The summed E-state index contributed by atoms with van der Waals surface area (Å²) >= 11 is 0. The van der Waals surface area contributed by atoms with Gasteiger partial charge in [0.2, 0.25) is 10.0 Å². The first-order valence-corrected chi connectivity index (χ1v) is 13.7. The van der Waals surface area contributed by atoms with Gasteiger partial charge < -0.3 is 24.1 Å². The Hall–Kier alpha value is -2.97. The number of nitrogens with one attached hydrogen (secondary N) is 2. The number of halogens is 1. The summed E-state index contributed by atoms with van der Waals surface area (Å²) in [6.45, 7) is 2.11. The minimum atomic E-state index is -3.28. The Morgan fingerprint density at radius 2 is 1.89 bits per heavy atom. The first-order valence-electron chi connectivity index (χ1n) is 11.8. The van der Waals surface area contributed by atoms with Gasteiger partial charge in [0.05, 0.1) is 43.0 Å². The zero-order valence-corrected chi connectivity index (χ0v) is 21.8. The number of benzene rings is 1. The summed E-state index contributed by atoms with van der Waals surface area (Å²) in [6.07, 6.45) is 2.51. The quantitative estimate of drug-likeness (QED) is 0.377. The molecule has 2 aromatic heterocycles. The monoisotopic (exact) mass is 534 g/mol. The standard InChI is InChI=1S/C24H31FN6O5S/c1-31(2)10-11-34-24-26-9-8-19(28-24)23-22(17-4-6-18(25)7-5-17)29-20(30-23)12-21-35-14-16(15-36-21)13-27-37(3,32)33/h4-9,16,21,27H,10-15H2,1-3H3,(H,29,30). The summed E-state index contributed by atoms with van der Waals surface area (Å²) in [6, 6.07) is 8.05. The van der Waals surface area contributed by atoms with Crippen LogP contribution in [0.4, 0.5) is 4.39 Å². The first kappa shape index (κ1) is 27.1. The Bertz CT molecular complexity index is 1280. The summed E-state index contributed by atoms with van der Waals surface area (Å²) in [4.78, 5) is 18.8. The van der Waals surface area contributed by atoms with Gasteiger partial charge in [0.15, 0.2) is 6.29 Å². The Balaban J connectivity index is 1.51. The van der Waals surface area contributed by atoms with Crippen LogP contribution in [-0.2, 0) is 25.9 Å². The number of ether oxygens (including phenoxy) is 3. The van der Waals surface area contributed by atoms with Crippen molar-refractivity contribution in [1.82, 2.24) is 29.6 Å². The first-order chi connectivity index (χ1) is 17.7. The average Bonchev–Trinajstić information content (AvgIpc) is 3.27. The topological polar surface area (TPSA) is 132 Å². The third kappa shape index (κ3) is 8.01. The van der Waals surface area contributed by atoms with Crippen molar-refractivity contribution >= 4 is 10.0 Å². The summed E-state index contributed by atoms with van der Waals surface area (Å²) in [5, 5.41) is 0. The highest BCUT2D eigenvalue weighted by atomic mass is 32.2. The van der Waals surface area contributed by atoms with E-state index < -0.39 is 16.3 Å². The van der Waals surface area contributed by atoms with Crippen molar-refractivity contribution in [3.8, 4) is 28.7 Å². The molecule has 2 N–H and O–H groups in total. The smallest absolute Gasteiger partial charge is 0.316 e. The maximum Gasteiger partial charge on any atom is 0.316 e. The molecule has 1 aliphatic rings. The van der Waals surface area contributed by atoms with Crippen LogP contribution in [0.2, 0.25) is 0 Å². The molecule has 37 heavy (non-hydrogen) atoms. The van der Waals surface area contributed by atoms with Crippen LogP contribution < -0.4 is 9.46 Å². The SMILES string of the molecule is CN(C)CCOc1nccc(-c2[nH]c(CC3OCC(CNS(C)(=O)=O)CO3)nc2-c2ccc(F)cc2)n1. The van der Waals surface area contributed by atoms with E-state index in [1.54, 1.807) is 24.4 Å². The van der Waals surface area contributed by atoms with Crippen molar-refractivity contribution in [1.29, 1.82) is 0 Å². The number of likely N-dealkylation sites (N-methyl/N-ethyl adjacent to an activating group) is 1. The van der Waals surface area contributed by atoms with E-state index in [9.17, 15) is 12.8 Å². The molecule has 1 aromatic carbocycles. The lowest BCUT2D eigenvalue weighted by Crippen LogP contribution is -2.39. The maximum absolute atomic E-state index is 13.6. The molecule has 0 radical (unpaired) electrons. The van der Waals surface area contributed by atoms with E-state index in [2.05, 4.69) is 19.7 Å². The normalized spacial score (nSPS) is 18.3. The molecule has 0 atom stereocenters. The summed E-state index contributed by atoms with van der Waals surface area (Å²) in [5.74, 6) is 0.171. The Morgan fingerprint density at radius 1 is 1.16 bits per heavy atom. The van der Waals surface area contributed by atoms with Gasteiger partial charge in [0.1, 0.15) is 18.2 Å². The lowest BCUT2D eigenvalue weighted by atomic mass is 10.1. The van der Waals surface area contributed by atoms with Crippen LogP contribution >= 0.6 is 0 Å². The van der Waals surface area contributed by atoms with Crippen LogP contribution in [0.15, 0.2) is 36.5 Å². The zero-order chi connectivity index (χ0) is 26.4. The number of hydrogen-bond donors (Lipinski definition) is 2.